The first-order valence-electron chi connectivity index (χ1n) is 8.67. The molecule has 1 amide bonds. The minimum absolute atomic E-state index is 0.0220. The summed E-state index contributed by atoms with van der Waals surface area (Å²) >= 11 is 0. The van der Waals surface area contributed by atoms with Crippen molar-refractivity contribution in [2.75, 3.05) is 31.1 Å². The maximum atomic E-state index is 13.0. The Morgan fingerprint density at radius 3 is 2.42 bits per heavy atom. The lowest BCUT2D eigenvalue weighted by molar-refractivity contribution is 0.0745. The molecule has 0 atom stereocenters. The van der Waals surface area contributed by atoms with Crippen molar-refractivity contribution in [3.05, 3.63) is 41.5 Å². The van der Waals surface area contributed by atoms with E-state index in [4.69, 9.17) is 0 Å². The first-order valence-corrected chi connectivity index (χ1v) is 8.67. The fourth-order valence-electron chi connectivity index (χ4n) is 3.38. The molecule has 3 aromatic rings. The maximum Gasteiger partial charge on any atom is 0.255 e. The Bertz CT molecular complexity index is 959. The summed E-state index contributed by atoms with van der Waals surface area (Å²) < 4.78 is 1.75. The van der Waals surface area contributed by atoms with Gasteiger partial charge < -0.3 is 9.80 Å². The molecule has 1 aliphatic heterocycles. The predicted octanol–water partition coefficient (Wildman–Crippen LogP) is 1.34. The molecule has 8 nitrogen and oxygen atoms in total. The summed E-state index contributed by atoms with van der Waals surface area (Å²) in [5, 5.41) is 5.32. The van der Waals surface area contributed by atoms with Crippen molar-refractivity contribution >= 4 is 22.9 Å². The monoisotopic (exact) mass is 351 g/mol. The first-order chi connectivity index (χ1) is 12.5. The smallest absolute Gasteiger partial charge is 0.255 e. The molecule has 134 valence electrons. The number of carbonyl (C=O) groups excluding carboxylic acids is 1. The average Bonchev–Trinajstić information content (AvgIpc) is 2.94. The summed E-state index contributed by atoms with van der Waals surface area (Å²) in [6.45, 7) is 6.53. The van der Waals surface area contributed by atoms with Gasteiger partial charge in [0.1, 0.15) is 0 Å². The molecule has 8 heteroatoms. The SMILES string of the molecule is Cc1nc2c(cc1C(=O)N1CCN(c3ncccn3)CC1)c(C)nn2C. The number of hydrogen-bond donors (Lipinski definition) is 0. The molecule has 4 heterocycles. The number of hydrogen-bond acceptors (Lipinski definition) is 6. The fourth-order valence-corrected chi connectivity index (χ4v) is 3.38. The lowest BCUT2D eigenvalue weighted by Crippen LogP contribution is -2.49. The molecule has 0 aliphatic carbocycles. The summed E-state index contributed by atoms with van der Waals surface area (Å²) in [5.74, 6) is 0.735. The van der Waals surface area contributed by atoms with Crippen molar-refractivity contribution in [1.29, 1.82) is 0 Å². The van der Waals surface area contributed by atoms with Crippen molar-refractivity contribution < 1.29 is 4.79 Å². The third kappa shape index (κ3) is 2.77. The summed E-state index contributed by atoms with van der Waals surface area (Å²) in [7, 11) is 1.87. The molecular formula is C18H21N7O. The van der Waals surface area contributed by atoms with E-state index in [0.29, 0.717) is 24.6 Å². The molecule has 0 aromatic carbocycles. The molecule has 0 unspecified atom stereocenters. The first kappa shape index (κ1) is 16.4. The Balaban J connectivity index is 1.54. The van der Waals surface area contributed by atoms with E-state index in [0.717, 1.165) is 35.5 Å². The Morgan fingerprint density at radius 1 is 1.04 bits per heavy atom. The van der Waals surface area contributed by atoms with Crippen LogP contribution in [0.4, 0.5) is 5.95 Å². The lowest BCUT2D eigenvalue weighted by Gasteiger charge is -2.34. The van der Waals surface area contributed by atoms with E-state index >= 15 is 0 Å². The van der Waals surface area contributed by atoms with Crippen LogP contribution in [0.15, 0.2) is 24.5 Å². The van der Waals surface area contributed by atoms with E-state index in [1.165, 1.54) is 0 Å². The van der Waals surface area contributed by atoms with Gasteiger partial charge in [0.2, 0.25) is 5.95 Å². The van der Waals surface area contributed by atoms with Gasteiger partial charge in [-0.2, -0.15) is 5.10 Å². The van der Waals surface area contributed by atoms with Crippen LogP contribution in [-0.4, -0.2) is 61.7 Å². The minimum atomic E-state index is 0.0220. The summed E-state index contributed by atoms with van der Waals surface area (Å²) in [5.41, 5.74) is 3.08. The van der Waals surface area contributed by atoms with Crippen molar-refractivity contribution in [3.8, 4) is 0 Å². The molecule has 0 N–H and O–H groups in total. The Morgan fingerprint density at radius 2 is 1.73 bits per heavy atom. The zero-order valence-electron chi connectivity index (χ0n) is 15.2. The van der Waals surface area contributed by atoms with Crippen LogP contribution in [0.25, 0.3) is 11.0 Å². The van der Waals surface area contributed by atoms with Gasteiger partial charge in [0.15, 0.2) is 5.65 Å². The van der Waals surface area contributed by atoms with E-state index in [-0.39, 0.29) is 5.91 Å². The van der Waals surface area contributed by atoms with Crippen LogP contribution in [-0.2, 0) is 7.05 Å². The second-order valence-electron chi connectivity index (χ2n) is 6.53. The van der Waals surface area contributed by atoms with Crippen molar-refractivity contribution in [2.24, 2.45) is 7.05 Å². The maximum absolute atomic E-state index is 13.0. The molecule has 0 radical (unpaired) electrons. The second kappa shape index (κ2) is 6.36. The van der Waals surface area contributed by atoms with Gasteiger partial charge in [-0.05, 0) is 26.0 Å². The van der Waals surface area contributed by atoms with Crippen LogP contribution >= 0.6 is 0 Å². The van der Waals surface area contributed by atoms with Gasteiger partial charge in [-0.3, -0.25) is 9.48 Å². The number of anilines is 1. The molecule has 0 bridgehead atoms. The van der Waals surface area contributed by atoms with Crippen LogP contribution in [0.2, 0.25) is 0 Å². The zero-order chi connectivity index (χ0) is 18.3. The molecule has 1 fully saturated rings. The normalized spacial score (nSPS) is 14.9. The van der Waals surface area contributed by atoms with Gasteiger partial charge >= 0.3 is 0 Å². The topological polar surface area (TPSA) is 80.0 Å². The average molecular weight is 351 g/mol. The molecule has 1 aliphatic rings. The number of piperazine rings is 1. The van der Waals surface area contributed by atoms with E-state index < -0.39 is 0 Å². The molecule has 3 aromatic heterocycles. The van der Waals surface area contributed by atoms with E-state index in [9.17, 15) is 4.79 Å². The highest BCUT2D eigenvalue weighted by Gasteiger charge is 2.25. The molecule has 26 heavy (non-hydrogen) atoms. The molecule has 1 saturated heterocycles. The number of aromatic nitrogens is 5. The van der Waals surface area contributed by atoms with Crippen molar-refractivity contribution in [2.45, 2.75) is 13.8 Å². The van der Waals surface area contributed by atoms with E-state index in [2.05, 4.69) is 25.0 Å². The van der Waals surface area contributed by atoms with E-state index in [1.807, 2.05) is 31.9 Å². The Labute approximate surface area is 151 Å². The Hall–Kier alpha value is -3.03. The molecule has 0 spiro atoms. The quantitative estimate of drug-likeness (QED) is 0.693. The van der Waals surface area contributed by atoms with Crippen LogP contribution in [0.3, 0.4) is 0 Å². The summed E-state index contributed by atoms with van der Waals surface area (Å²) in [6.07, 6.45) is 3.47. The molecule has 0 saturated carbocycles. The summed E-state index contributed by atoms with van der Waals surface area (Å²) in [4.78, 5) is 30.2. The van der Waals surface area contributed by atoms with E-state index in [1.54, 1.807) is 23.1 Å². The predicted molar refractivity (Wildman–Crippen MR) is 98.1 cm³/mol. The van der Waals surface area contributed by atoms with Crippen molar-refractivity contribution in [1.82, 2.24) is 29.6 Å². The molecular weight excluding hydrogens is 330 g/mol. The van der Waals surface area contributed by atoms with Gasteiger partial charge in [-0.25, -0.2) is 15.0 Å². The lowest BCUT2D eigenvalue weighted by atomic mass is 10.1. The number of carbonyl (C=O) groups is 1. The van der Waals surface area contributed by atoms with Gasteiger partial charge in [0.25, 0.3) is 5.91 Å². The number of pyridine rings is 1. The third-order valence-electron chi connectivity index (χ3n) is 4.82. The molecule has 4 rings (SSSR count). The number of aryl methyl sites for hydroxylation is 3. The van der Waals surface area contributed by atoms with Gasteiger partial charge in [0, 0.05) is 51.0 Å². The van der Waals surface area contributed by atoms with Crippen LogP contribution < -0.4 is 4.90 Å². The largest absolute Gasteiger partial charge is 0.337 e. The van der Waals surface area contributed by atoms with Gasteiger partial charge in [-0.15, -0.1) is 0 Å². The highest BCUT2D eigenvalue weighted by Crippen LogP contribution is 2.21. The van der Waals surface area contributed by atoms with Crippen LogP contribution in [0.1, 0.15) is 21.7 Å². The zero-order valence-corrected chi connectivity index (χ0v) is 15.2. The van der Waals surface area contributed by atoms with Crippen LogP contribution in [0, 0.1) is 13.8 Å². The minimum Gasteiger partial charge on any atom is -0.337 e. The fraction of sp³-hybridized carbons (Fsp3) is 0.389. The number of rotatable bonds is 2. The number of amides is 1. The van der Waals surface area contributed by atoms with Crippen LogP contribution in [0.5, 0.6) is 0 Å². The van der Waals surface area contributed by atoms with Crippen molar-refractivity contribution in [3.63, 3.8) is 0 Å². The van der Waals surface area contributed by atoms with Gasteiger partial charge in [-0.1, -0.05) is 0 Å². The summed E-state index contributed by atoms with van der Waals surface area (Å²) in [6, 6.07) is 3.73. The standard InChI is InChI=1S/C18H21N7O/c1-12-15(11-14-13(2)22-23(3)16(14)21-12)17(26)24-7-9-25(10-8-24)18-19-5-4-6-20-18/h4-6,11H,7-10H2,1-3H3. The highest BCUT2D eigenvalue weighted by molar-refractivity contribution is 5.98. The highest BCUT2D eigenvalue weighted by atomic mass is 16.2. The second-order valence-corrected chi connectivity index (χ2v) is 6.53. The number of nitrogens with zero attached hydrogens (tertiary/aromatic N) is 7. The number of fused-ring (bicyclic) bond motifs is 1. The van der Waals surface area contributed by atoms with Gasteiger partial charge in [0.05, 0.1) is 17.0 Å². The third-order valence-corrected chi connectivity index (χ3v) is 4.82. The Kier molecular flexibility index (Phi) is 4.02.